The standard InChI is InChI=1S/C22H19FN4O5S/c23-16-5-3-15(4-6-16)22-26-21(32-27-22)12-11-20(28)25-17-7-9-19(10-8-17)33(29,30)24-14-18-2-1-13-31-18/h1-10,13,24H,11-12,14H2,(H,25,28). The van der Waals surface area contributed by atoms with E-state index in [1.807, 2.05) is 0 Å². The highest BCUT2D eigenvalue weighted by Gasteiger charge is 2.15. The average molecular weight is 470 g/mol. The van der Waals surface area contributed by atoms with E-state index in [0.29, 0.717) is 22.8 Å². The third kappa shape index (κ3) is 5.90. The van der Waals surface area contributed by atoms with Crippen LogP contribution in [0.25, 0.3) is 11.4 Å². The molecule has 170 valence electrons. The molecule has 2 aromatic heterocycles. The Bertz CT molecular complexity index is 1320. The van der Waals surface area contributed by atoms with E-state index in [1.165, 1.54) is 54.8 Å². The SMILES string of the molecule is O=C(CCc1nc(-c2ccc(F)cc2)no1)Nc1ccc(S(=O)(=O)NCc2ccco2)cc1. The summed E-state index contributed by atoms with van der Waals surface area (Å²) in [4.78, 5) is 16.5. The van der Waals surface area contributed by atoms with Crippen molar-refractivity contribution < 1.29 is 26.5 Å². The lowest BCUT2D eigenvalue weighted by Gasteiger charge is -2.08. The second-order valence-electron chi connectivity index (χ2n) is 7.00. The largest absolute Gasteiger partial charge is 0.468 e. The van der Waals surface area contributed by atoms with Crippen molar-refractivity contribution in [1.82, 2.24) is 14.9 Å². The number of furan rings is 1. The Hall–Kier alpha value is -3.83. The van der Waals surface area contributed by atoms with Gasteiger partial charge in [0.1, 0.15) is 11.6 Å². The molecule has 0 saturated carbocycles. The maximum absolute atomic E-state index is 13.0. The van der Waals surface area contributed by atoms with Gasteiger partial charge in [-0.2, -0.15) is 4.98 Å². The zero-order valence-corrected chi connectivity index (χ0v) is 18.0. The number of rotatable bonds is 9. The molecule has 0 aliphatic heterocycles. The summed E-state index contributed by atoms with van der Waals surface area (Å²) < 4.78 is 50.4. The van der Waals surface area contributed by atoms with E-state index < -0.39 is 10.0 Å². The molecule has 0 atom stereocenters. The molecule has 0 fully saturated rings. The van der Waals surface area contributed by atoms with Gasteiger partial charge >= 0.3 is 0 Å². The predicted octanol–water partition coefficient (Wildman–Crippen LogP) is 3.52. The second kappa shape index (κ2) is 9.76. The highest BCUT2D eigenvalue weighted by molar-refractivity contribution is 7.89. The third-order valence-electron chi connectivity index (χ3n) is 4.60. The Morgan fingerprint density at radius 2 is 1.79 bits per heavy atom. The fraction of sp³-hybridized carbons (Fsp3) is 0.136. The highest BCUT2D eigenvalue weighted by Crippen LogP contribution is 2.18. The van der Waals surface area contributed by atoms with Gasteiger partial charge in [0.15, 0.2) is 0 Å². The Kier molecular flexibility index (Phi) is 6.61. The Labute approximate surface area is 188 Å². The van der Waals surface area contributed by atoms with Crippen LogP contribution in [0.4, 0.5) is 10.1 Å². The third-order valence-corrected chi connectivity index (χ3v) is 6.02. The van der Waals surface area contributed by atoms with Crippen LogP contribution >= 0.6 is 0 Å². The fourth-order valence-electron chi connectivity index (χ4n) is 2.90. The molecule has 0 spiro atoms. The molecule has 2 aromatic carbocycles. The van der Waals surface area contributed by atoms with Crippen molar-refractivity contribution in [3.8, 4) is 11.4 Å². The van der Waals surface area contributed by atoms with E-state index in [9.17, 15) is 17.6 Å². The number of nitrogens with zero attached hydrogens (tertiary/aromatic N) is 2. The quantitative estimate of drug-likeness (QED) is 0.383. The molecule has 9 nitrogen and oxygen atoms in total. The lowest BCUT2D eigenvalue weighted by molar-refractivity contribution is -0.116. The summed E-state index contributed by atoms with van der Waals surface area (Å²) in [5.41, 5.74) is 1.05. The first kappa shape index (κ1) is 22.4. The van der Waals surface area contributed by atoms with Crippen LogP contribution in [0.5, 0.6) is 0 Å². The maximum atomic E-state index is 13.0. The Balaban J connectivity index is 1.28. The number of aromatic nitrogens is 2. The van der Waals surface area contributed by atoms with Gasteiger partial charge in [0.2, 0.25) is 27.6 Å². The summed E-state index contributed by atoms with van der Waals surface area (Å²) in [6, 6.07) is 14.8. The Morgan fingerprint density at radius 1 is 1.03 bits per heavy atom. The van der Waals surface area contributed by atoms with Crippen LogP contribution in [-0.4, -0.2) is 24.5 Å². The van der Waals surface area contributed by atoms with Crippen molar-refractivity contribution in [2.24, 2.45) is 0 Å². The van der Waals surface area contributed by atoms with Crippen LogP contribution in [0.3, 0.4) is 0 Å². The Morgan fingerprint density at radius 3 is 2.48 bits per heavy atom. The van der Waals surface area contributed by atoms with Crippen molar-refractivity contribution in [3.63, 3.8) is 0 Å². The van der Waals surface area contributed by atoms with Crippen LogP contribution < -0.4 is 10.0 Å². The summed E-state index contributed by atoms with van der Waals surface area (Å²) in [6.07, 6.45) is 1.75. The van der Waals surface area contributed by atoms with E-state index in [1.54, 1.807) is 12.1 Å². The van der Waals surface area contributed by atoms with Gasteiger partial charge < -0.3 is 14.3 Å². The van der Waals surface area contributed by atoms with Gasteiger partial charge in [-0.1, -0.05) is 5.16 Å². The van der Waals surface area contributed by atoms with Crippen molar-refractivity contribution >= 4 is 21.6 Å². The topological polar surface area (TPSA) is 127 Å². The van der Waals surface area contributed by atoms with Gasteiger partial charge in [0.05, 0.1) is 17.7 Å². The molecule has 0 aliphatic rings. The molecule has 0 saturated heterocycles. The fourth-order valence-corrected chi connectivity index (χ4v) is 3.89. The zero-order chi connectivity index (χ0) is 23.3. The molecule has 1 amide bonds. The van der Waals surface area contributed by atoms with Gasteiger partial charge in [-0.15, -0.1) is 0 Å². The number of anilines is 1. The molecule has 2 heterocycles. The summed E-state index contributed by atoms with van der Waals surface area (Å²) in [6.45, 7) is 0.0341. The van der Waals surface area contributed by atoms with E-state index >= 15 is 0 Å². The zero-order valence-electron chi connectivity index (χ0n) is 17.2. The number of hydrogen-bond acceptors (Lipinski definition) is 7. The predicted molar refractivity (Wildman–Crippen MR) is 116 cm³/mol. The normalized spacial score (nSPS) is 11.4. The van der Waals surface area contributed by atoms with Crippen LogP contribution in [0.1, 0.15) is 18.1 Å². The van der Waals surface area contributed by atoms with Crippen LogP contribution in [0.15, 0.2) is 80.8 Å². The smallest absolute Gasteiger partial charge is 0.240 e. The molecule has 33 heavy (non-hydrogen) atoms. The first-order valence-corrected chi connectivity index (χ1v) is 11.4. The van der Waals surface area contributed by atoms with Gasteiger partial charge in [-0.25, -0.2) is 17.5 Å². The molecule has 0 unspecified atom stereocenters. The van der Waals surface area contributed by atoms with E-state index in [2.05, 4.69) is 20.2 Å². The molecular weight excluding hydrogens is 451 g/mol. The summed E-state index contributed by atoms with van der Waals surface area (Å²) in [5, 5.41) is 6.52. The number of carbonyl (C=O) groups excluding carboxylic acids is 1. The van der Waals surface area contributed by atoms with Crippen LogP contribution in [0, 0.1) is 5.82 Å². The first-order valence-electron chi connectivity index (χ1n) is 9.89. The molecule has 0 aliphatic carbocycles. The lowest BCUT2D eigenvalue weighted by Crippen LogP contribution is -2.23. The summed E-state index contributed by atoms with van der Waals surface area (Å²) in [5.74, 6) is 0.405. The molecule has 4 rings (SSSR count). The summed E-state index contributed by atoms with van der Waals surface area (Å²) >= 11 is 0. The van der Waals surface area contributed by atoms with Gasteiger partial charge in [0, 0.05) is 24.1 Å². The maximum Gasteiger partial charge on any atom is 0.240 e. The van der Waals surface area contributed by atoms with Gasteiger partial charge in [-0.05, 0) is 60.7 Å². The number of halogens is 1. The number of nitrogens with one attached hydrogen (secondary N) is 2. The number of hydrogen-bond donors (Lipinski definition) is 2. The van der Waals surface area contributed by atoms with E-state index in [0.717, 1.165) is 0 Å². The summed E-state index contributed by atoms with van der Waals surface area (Å²) in [7, 11) is -3.72. The van der Waals surface area contributed by atoms with Crippen molar-refractivity contribution in [2.45, 2.75) is 24.3 Å². The molecule has 4 aromatic rings. The first-order chi connectivity index (χ1) is 15.9. The van der Waals surface area contributed by atoms with Gasteiger partial charge in [0.25, 0.3) is 0 Å². The minimum Gasteiger partial charge on any atom is -0.468 e. The minimum absolute atomic E-state index is 0.0341. The minimum atomic E-state index is -3.72. The second-order valence-corrected chi connectivity index (χ2v) is 8.76. The van der Waals surface area contributed by atoms with E-state index in [-0.39, 0.29) is 41.9 Å². The van der Waals surface area contributed by atoms with Crippen molar-refractivity contribution in [2.75, 3.05) is 5.32 Å². The number of carbonyl (C=O) groups is 1. The van der Waals surface area contributed by atoms with E-state index in [4.69, 9.17) is 8.94 Å². The van der Waals surface area contributed by atoms with Crippen molar-refractivity contribution in [3.05, 3.63) is 84.4 Å². The monoisotopic (exact) mass is 470 g/mol. The molecule has 0 bridgehead atoms. The van der Waals surface area contributed by atoms with Crippen LogP contribution in [-0.2, 0) is 27.8 Å². The number of aryl methyl sites for hydroxylation is 1. The van der Waals surface area contributed by atoms with Crippen molar-refractivity contribution in [1.29, 1.82) is 0 Å². The highest BCUT2D eigenvalue weighted by atomic mass is 32.2. The number of benzene rings is 2. The van der Waals surface area contributed by atoms with Gasteiger partial charge in [-0.3, -0.25) is 4.79 Å². The average Bonchev–Trinajstić information content (AvgIpc) is 3.50. The molecular formula is C22H19FN4O5S. The number of amides is 1. The molecule has 2 N–H and O–H groups in total. The van der Waals surface area contributed by atoms with Crippen LogP contribution in [0.2, 0.25) is 0 Å². The lowest BCUT2D eigenvalue weighted by atomic mass is 10.2. The molecule has 0 radical (unpaired) electrons. The number of sulfonamides is 1. The molecule has 11 heteroatoms.